The molecule has 0 radical (unpaired) electrons. The molecule has 0 spiro atoms. The molecule has 1 saturated carbocycles. The van der Waals surface area contributed by atoms with Gasteiger partial charge in [-0.05, 0) is 29.9 Å². The number of hydrogen-bond donors (Lipinski definition) is 1. The van der Waals surface area contributed by atoms with E-state index in [1.165, 1.54) is 43.4 Å². The van der Waals surface area contributed by atoms with E-state index in [9.17, 15) is 4.79 Å². The number of amides is 1. The molecular weight excluding hydrogens is 234 g/mol. The predicted molar refractivity (Wildman–Crippen MR) is 70.5 cm³/mol. The van der Waals surface area contributed by atoms with Crippen LogP contribution in [0.5, 0.6) is 0 Å². The molecule has 0 saturated heterocycles. The van der Waals surface area contributed by atoms with Gasteiger partial charge in [0.05, 0.1) is 11.6 Å². The number of hydrogen-bond acceptors (Lipinski definition) is 3. The van der Waals surface area contributed by atoms with Crippen molar-refractivity contribution in [1.82, 2.24) is 0 Å². The number of carbonyl (C=O) groups is 1. The van der Waals surface area contributed by atoms with Crippen LogP contribution in [0.15, 0.2) is 17.5 Å². The van der Waals surface area contributed by atoms with E-state index in [4.69, 9.17) is 4.74 Å². The summed E-state index contributed by atoms with van der Waals surface area (Å²) >= 11 is 1.50. The Kier molecular flexibility index (Phi) is 4.86. The summed E-state index contributed by atoms with van der Waals surface area (Å²) in [6.45, 7) is 0.544. The lowest BCUT2D eigenvalue weighted by Crippen LogP contribution is -2.16. The molecule has 17 heavy (non-hydrogen) atoms. The Labute approximate surface area is 106 Å². The Morgan fingerprint density at radius 3 is 2.94 bits per heavy atom. The van der Waals surface area contributed by atoms with Crippen molar-refractivity contribution in [2.45, 2.75) is 38.5 Å². The van der Waals surface area contributed by atoms with E-state index in [0.717, 1.165) is 17.3 Å². The lowest BCUT2D eigenvalue weighted by atomic mass is 9.87. The zero-order valence-corrected chi connectivity index (χ0v) is 10.8. The molecule has 0 bridgehead atoms. The summed E-state index contributed by atoms with van der Waals surface area (Å²) in [7, 11) is 0. The average molecular weight is 253 g/mol. The van der Waals surface area contributed by atoms with E-state index in [0.29, 0.717) is 6.61 Å². The minimum Gasteiger partial charge on any atom is -0.449 e. The van der Waals surface area contributed by atoms with Crippen molar-refractivity contribution in [3.05, 3.63) is 17.5 Å². The summed E-state index contributed by atoms with van der Waals surface area (Å²) in [5.74, 6) is 0.762. The zero-order chi connectivity index (χ0) is 11.9. The lowest BCUT2D eigenvalue weighted by Gasteiger charge is -2.20. The topological polar surface area (TPSA) is 38.3 Å². The van der Waals surface area contributed by atoms with Gasteiger partial charge in [0.1, 0.15) is 0 Å². The average Bonchev–Trinajstić information content (AvgIpc) is 2.83. The molecule has 1 aromatic heterocycles. The number of thiophene rings is 1. The van der Waals surface area contributed by atoms with Gasteiger partial charge < -0.3 is 4.74 Å². The van der Waals surface area contributed by atoms with Crippen molar-refractivity contribution in [1.29, 1.82) is 0 Å². The molecule has 1 N–H and O–H groups in total. The molecule has 3 nitrogen and oxygen atoms in total. The van der Waals surface area contributed by atoms with Crippen LogP contribution in [0.25, 0.3) is 0 Å². The van der Waals surface area contributed by atoms with Crippen LogP contribution in [0, 0.1) is 5.92 Å². The van der Waals surface area contributed by atoms with Crippen molar-refractivity contribution < 1.29 is 9.53 Å². The molecule has 1 aliphatic rings. The van der Waals surface area contributed by atoms with Crippen LogP contribution in [0.1, 0.15) is 38.5 Å². The van der Waals surface area contributed by atoms with Crippen LogP contribution in [-0.4, -0.2) is 12.7 Å². The quantitative estimate of drug-likeness (QED) is 0.870. The zero-order valence-electron chi connectivity index (χ0n) is 9.98. The maximum absolute atomic E-state index is 11.4. The Bertz CT molecular complexity index is 331. The van der Waals surface area contributed by atoms with Crippen LogP contribution >= 0.6 is 11.3 Å². The standard InChI is InChI=1S/C13H19NO2S/c15-13(14-12-7-4-10-17-12)16-9-8-11-5-2-1-3-6-11/h4,7,10-11H,1-3,5-6,8-9H2,(H,14,15). The number of rotatable bonds is 4. The molecule has 1 fully saturated rings. The molecule has 0 aliphatic heterocycles. The first-order valence-corrected chi connectivity index (χ1v) is 7.20. The Hall–Kier alpha value is -1.03. The number of carbonyl (C=O) groups excluding carboxylic acids is 1. The molecular formula is C13H19NO2S. The number of nitrogens with one attached hydrogen (secondary N) is 1. The van der Waals surface area contributed by atoms with Crippen LogP contribution in [0.2, 0.25) is 0 Å². The third-order valence-corrected chi connectivity index (χ3v) is 4.02. The highest BCUT2D eigenvalue weighted by atomic mass is 32.1. The molecule has 1 amide bonds. The van der Waals surface area contributed by atoms with Gasteiger partial charge in [-0.1, -0.05) is 32.1 Å². The summed E-state index contributed by atoms with van der Waals surface area (Å²) in [6, 6.07) is 3.77. The van der Waals surface area contributed by atoms with Gasteiger partial charge in [-0.25, -0.2) is 4.79 Å². The molecule has 0 aromatic carbocycles. The molecule has 1 aliphatic carbocycles. The van der Waals surface area contributed by atoms with Crippen molar-refractivity contribution in [2.24, 2.45) is 5.92 Å². The van der Waals surface area contributed by atoms with Gasteiger partial charge >= 0.3 is 6.09 Å². The second kappa shape index (κ2) is 6.64. The molecule has 0 atom stereocenters. The van der Waals surface area contributed by atoms with Crippen molar-refractivity contribution >= 4 is 22.4 Å². The molecule has 1 aromatic rings. The smallest absolute Gasteiger partial charge is 0.412 e. The first kappa shape index (κ1) is 12.4. The second-order valence-electron chi connectivity index (χ2n) is 4.53. The monoisotopic (exact) mass is 253 g/mol. The van der Waals surface area contributed by atoms with Crippen LogP contribution in [-0.2, 0) is 4.74 Å². The first-order chi connectivity index (χ1) is 8.34. The van der Waals surface area contributed by atoms with E-state index in [-0.39, 0.29) is 6.09 Å². The minimum atomic E-state index is -0.330. The third-order valence-electron chi connectivity index (χ3n) is 3.23. The van der Waals surface area contributed by atoms with Gasteiger partial charge in [0.15, 0.2) is 0 Å². The van der Waals surface area contributed by atoms with Crippen molar-refractivity contribution in [3.63, 3.8) is 0 Å². The number of anilines is 1. The minimum absolute atomic E-state index is 0.330. The van der Waals surface area contributed by atoms with Gasteiger partial charge in [0.2, 0.25) is 0 Å². The molecule has 4 heteroatoms. The second-order valence-corrected chi connectivity index (χ2v) is 5.48. The summed E-state index contributed by atoms with van der Waals surface area (Å²) in [5, 5.41) is 5.49. The van der Waals surface area contributed by atoms with E-state index in [2.05, 4.69) is 5.32 Å². The van der Waals surface area contributed by atoms with Gasteiger partial charge in [-0.3, -0.25) is 5.32 Å². The SMILES string of the molecule is O=C(Nc1cccs1)OCCC1CCCCC1. The largest absolute Gasteiger partial charge is 0.449 e. The van der Waals surface area contributed by atoms with Crippen LogP contribution in [0.4, 0.5) is 9.80 Å². The Morgan fingerprint density at radius 1 is 1.41 bits per heavy atom. The Balaban J connectivity index is 1.59. The van der Waals surface area contributed by atoms with E-state index < -0.39 is 0 Å². The molecule has 94 valence electrons. The summed E-state index contributed by atoms with van der Waals surface area (Å²) in [5.41, 5.74) is 0. The fraction of sp³-hybridized carbons (Fsp3) is 0.615. The first-order valence-electron chi connectivity index (χ1n) is 6.32. The highest BCUT2D eigenvalue weighted by Crippen LogP contribution is 2.26. The highest BCUT2D eigenvalue weighted by Gasteiger charge is 2.13. The maximum Gasteiger partial charge on any atom is 0.412 e. The maximum atomic E-state index is 11.4. The van der Waals surface area contributed by atoms with Gasteiger partial charge in [0.25, 0.3) is 0 Å². The lowest BCUT2D eigenvalue weighted by molar-refractivity contribution is 0.148. The Morgan fingerprint density at radius 2 is 2.24 bits per heavy atom. The van der Waals surface area contributed by atoms with Crippen molar-refractivity contribution in [2.75, 3.05) is 11.9 Å². The number of ether oxygens (including phenoxy) is 1. The fourth-order valence-electron chi connectivity index (χ4n) is 2.28. The predicted octanol–water partition coefficient (Wildman–Crippen LogP) is 4.27. The molecule has 0 unspecified atom stereocenters. The fourth-order valence-corrected chi connectivity index (χ4v) is 2.88. The third kappa shape index (κ3) is 4.38. The summed E-state index contributed by atoms with van der Waals surface area (Å²) in [6.07, 6.45) is 7.33. The van der Waals surface area contributed by atoms with E-state index in [1.807, 2.05) is 17.5 Å². The summed E-state index contributed by atoms with van der Waals surface area (Å²) in [4.78, 5) is 11.4. The van der Waals surface area contributed by atoms with Gasteiger partial charge in [-0.15, -0.1) is 11.3 Å². The van der Waals surface area contributed by atoms with Crippen LogP contribution in [0.3, 0.4) is 0 Å². The summed E-state index contributed by atoms with van der Waals surface area (Å²) < 4.78 is 5.17. The van der Waals surface area contributed by atoms with Gasteiger partial charge in [0, 0.05) is 0 Å². The highest BCUT2D eigenvalue weighted by molar-refractivity contribution is 7.14. The van der Waals surface area contributed by atoms with E-state index in [1.54, 1.807) is 0 Å². The normalized spacial score (nSPS) is 16.7. The molecule has 2 rings (SSSR count). The van der Waals surface area contributed by atoms with Crippen LogP contribution < -0.4 is 5.32 Å². The molecule has 1 heterocycles. The van der Waals surface area contributed by atoms with Crippen molar-refractivity contribution in [3.8, 4) is 0 Å². The van der Waals surface area contributed by atoms with E-state index >= 15 is 0 Å². The van der Waals surface area contributed by atoms with Gasteiger partial charge in [-0.2, -0.15) is 0 Å².